The normalized spacial score (nSPS) is 13.1. The molecule has 2 atom stereocenters. The van der Waals surface area contributed by atoms with E-state index in [1.54, 1.807) is 31.3 Å². The summed E-state index contributed by atoms with van der Waals surface area (Å²) in [6.45, 7) is 2.81. The fourth-order valence-corrected chi connectivity index (χ4v) is 2.59. The van der Waals surface area contributed by atoms with Gasteiger partial charge in [0.15, 0.2) is 0 Å². The Morgan fingerprint density at radius 3 is 2.50 bits per heavy atom. The van der Waals surface area contributed by atoms with Crippen LogP contribution in [-0.4, -0.2) is 24.9 Å². The fraction of sp³-hybridized carbons (Fsp3) is 0.278. The topological polar surface area (TPSA) is 76.7 Å². The van der Waals surface area contributed by atoms with Gasteiger partial charge in [0.1, 0.15) is 12.6 Å². The Bertz CT molecular complexity index is 729. The molecule has 2 aromatic carbocycles. The molecular formula is C18H22N3O3+. The molecule has 0 bridgehead atoms. The number of quaternary nitrogens is 1. The van der Waals surface area contributed by atoms with Gasteiger partial charge in [-0.1, -0.05) is 24.3 Å². The summed E-state index contributed by atoms with van der Waals surface area (Å²) in [5, 5.41) is 13.5. The van der Waals surface area contributed by atoms with Crippen molar-refractivity contribution in [3.05, 3.63) is 75.3 Å². The van der Waals surface area contributed by atoms with Crippen LogP contribution in [0.15, 0.2) is 48.5 Å². The predicted molar refractivity (Wildman–Crippen MR) is 91.9 cm³/mol. The summed E-state index contributed by atoms with van der Waals surface area (Å²) < 4.78 is 0. The molecule has 0 radical (unpaired) electrons. The van der Waals surface area contributed by atoms with Crippen LogP contribution in [-0.2, 0) is 6.54 Å². The number of nitrogens with one attached hydrogen (secondary N) is 2. The number of non-ortho nitro benzene ring substituents is 1. The Morgan fingerprint density at radius 2 is 1.92 bits per heavy atom. The molecule has 126 valence electrons. The monoisotopic (exact) mass is 328 g/mol. The third kappa shape index (κ3) is 4.17. The SMILES string of the molecule is CNC(=O)c1ccc(C[NH+](C)[C@@H](C)c2cccc([N+](=O)[O-])c2)cc1. The molecule has 0 saturated carbocycles. The summed E-state index contributed by atoms with van der Waals surface area (Å²) in [6, 6.07) is 14.4. The van der Waals surface area contributed by atoms with E-state index in [1.807, 2.05) is 25.1 Å². The van der Waals surface area contributed by atoms with Crippen LogP contribution in [0.1, 0.15) is 34.5 Å². The van der Waals surface area contributed by atoms with Gasteiger partial charge in [0, 0.05) is 35.9 Å². The highest BCUT2D eigenvalue weighted by Gasteiger charge is 2.18. The van der Waals surface area contributed by atoms with Gasteiger partial charge in [0.2, 0.25) is 0 Å². The van der Waals surface area contributed by atoms with E-state index in [0.717, 1.165) is 17.7 Å². The van der Waals surface area contributed by atoms with Gasteiger partial charge in [-0.15, -0.1) is 0 Å². The second kappa shape index (κ2) is 7.70. The van der Waals surface area contributed by atoms with Crippen LogP contribution in [0.5, 0.6) is 0 Å². The molecule has 0 aromatic heterocycles. The van der Waals surface area contributed by atoms with E-state index < -0.39 is 0 Å². The second-order valence-electron chi connectivity index (χ2n) is 5.87. The van der Waals surface area contributed by atoms with Crippen LogP contribution in [0.4, 0.5) is 5.69 Å². The molecule has 0 aliphatic rings. The molecule has 0 saturated heterocycles. The molecular weight excluding hydrogens is 306 g/mol. The first kappa shape index (κ1) is 17.6. The molecule has 6 heteroatoms. The largest absolute Gasteiger partial charge is 0.355 e. The summed E-state index contributed by atoms with van der Waals surface area (Å²) in [5.74, 6) is -0.104. The molecule has 0 fully saturated rings. The van der Waals surface area contributed by atoms with Crippen molar-refractivity contribution in [1.82, 2.24) is 5.32 Å². The van der Waals surface area contributed by atoms with E-state index in [2.05, 4.69) is 12.4 Å². The van der Waals surface area contributed by atoms with Crippen molar-refractivity contribution in [2.24, 2.45) is 0 Å². The number of amides is 1. The number of hydrogen-bond donors (Lipinski definition) is 2. The van der Waals surface area contributed by atoms with Gasteiger partial charge in [0.25, 0.3) is 11.6 Å². The maximum atomic E-state index is 11.6. The van der Waals surface area contributed by atoms with Gasteiger partial charge in [-0.05, 0) is 19.1 Å². The van der Waals surface area contributed by atoms with Crippen LogP contribution in [0.2, 0.25) is 0 Å². The minimum atomic E-state index is -0.372. The first-order valence-corrected chi connectivity index (χ1v) is 7.80. The van der Waals surface area contributed by atoms with E-state index in [9.17, 15) is 14.9 Å². The second-order valence-corrected chi connectivity index (χ2v) is 5.87. The summed E-state index contributed by atoms with van der Waals surface area (Å²) in [5.41, 5.74) is 2.79. The molecule has 0 spiro atoms. The van der Waals surface area contributed by atoms with Crippen LogP contribution < -0.4 is 10.2 Å². The summed E-state index contributed by atoms with van der Waals surface area (Å²) >= 11 is 0. The van der Waals surface area contributed by atoms with Gasteiger partial charge >= 0.3 is 0 Å². The van der Waals surface area contributed by atoms with Gasteiger partial charge in [-0.2, -0.15) is 0 Å². The number of hydrogen-bond acceptors (Lipinski definition) is 3. The molecule has 24 heavy (non-hydrogen) atoms. The Balaban J connectivity index is 2.08. The van der Waals surface area contributed by atoms with Crippen molar-refractivity contribution in [1.29, 1.82) is 0 Å². The molecule has 0 aliphatic carbocycles. The van der Waals surface area contributed by atoms with Gasteiger partial charge in [-0.25, -0.2) is 0 Å². The summed E-state index contributed by atoms with van der Waals surface area (Å²) in [4.78, 5) is 23.3. The smallest absolute Gasteiger partial charge is 0.269 e. The average molecular weight is 328 g/mol. The number of nitro benzene ring substituents is 1. The Morgan fingerprint density at radius 1 is 1.25 bits per heavy atom. The molecule has 1 unspecified atom stereocenters. The standard InChI is InChI=1S/C18H21N3O3/c1-13(16-5-4-6-17(11-16)21(23)24)20(3)12-14-7-9-15(10-8-14)18(22)19-2/h4-11,13H,12H2,1-3H3,(H,19,22)/p+1/t13-/m0/s1. The molecule has 6 nitrogen and oxygen atoms in total. The van der Waals surface area contributed by atoms with Crippen molar-refractivity contribution in [3.63, 3.8) is 0 Å². The fourth-order valence-electron chi connectivity index (χ4n) is 2.59. The lowest BCUT2D eigenvalue weighted by Gasteiger charge is -2.22. The lowest BCUT2D eigenvalue weighted by Crippen LogP contribution is -3.07. The highest BCUT2D eigenvalue weighted by atomic mass is 16.6. The minimum absolute atomic E-state index is 0.104. The zero-order chi connectivity index (χ0) is 17.7. The maximum absolute atomic E-state index is 11.6. The van der Waals surface area contributed by atoms with Crippen LogP contribution in [0, 0.1) is 10.1 Å². The number of benzene rings is 2. The van der Waals surface area contributed by atoms with Crippen molar-refractivity contribution in [2.75, 3.05) is 14.1 Å². The van der Waals surface area contributed by atoms with E-state index in [-0.39, 0.29) is 22.6 Å². The number of carbonyl (C=O) groups excluding carboxylic acids is 1. The molecule has 2 rings (SSSR count). The van der Waals surface area contributed by atoms with E-state index >= 15 is 0 Å². The predicted octanol–water partition coefficient (Wildman–Crippen LogP) is 1.73. The third-order valence-corrected chi connectivity index (χ3v) is 4.25. The van der Waals surface area contributed by atoms with E-state index in [4.69, 9.17) is 0 Å². The Kier molecular flexibility index (Phi) is 5.65. The number of carbonyl (C=O) groups is 1. The van der Waals surface area contributed by atoms with Crippen molar-refractivity contribution < 1.29 is 14.6 Å². The van der Waals surface area contributed by atoms with E-state index in [0.29, 0.717) is 5.56 Å². The molecule has 0 aliphatic heterocycles. The minimum Gasteiger partial charge on any atom is -0.355 e. The van der Waals surface area contributed by atoms with Crippen molar-refractivity contribution in [2.45, 2.75) is 19.5 Å². The highest BCUT2D eigenvalue weighted by Crippen LogP contribution is 2.17. The molecule has 2 N–H and O–H groups in total. The lowest BCUT2D eigenvalue weighted by atomic mass is 10.1. The van der Waals surface area contributed by atoms with Gasteiger partial charge in [-0.3, -0.25) is 14.9 Å². The number of nitro groups is 1. The number of nitrogens with zero attached hydrogens (tertiary/aromatic N) is 1. The van der Waals surface area contributed by atoms with Crippen molar-refractivity contribution in [3.8, 4) is 0 Å². The average Bonchev–Trinajstić information content (AvgIpc) is 2.61. The molecule has 1 amide bonds. The lowest BCUT2D eigenvalue weighted by molar-refractivity contribution is -0.924. The zero-order valence-electron chi connectivity index (χ0n) is 14.1. The van der Waals surface area contributed by atoms with Crippen molar-refractivity contribution >= 4 is 11.6 Å². The Hall–Kier alpha value is -2.73. The highest BCUT2D eigenvalue weighted by molar-refractivity contribution is 5.93. The zero-order valence-corrected chi connectivity index (χ0v) is 14.1. The Labute approximate surface area is 141 Å². The molecule has 2 aromatic rings. The van der Waals surface area contributed by atoms with Gasteiger partial charge < -0.3 is 10.2 Å². The molecule has 0 heterocycles. The maximum Gasteiger partial charge on any atom is 0.269 e. The number of rotatable bonds is 6. The first-order chi connectivity index (χ1) is 11.4. The third-order valence-electron chi connectivity index (χ3n) is 4.25. The quantitative estimate of drug-likeness (QED) is 0.626. The summed E-state index contributed by atoms with van der Waals surface area (Å²) in [7, 11) is 3.66. The first-order valence-electron chi connectivity index (χ1n) is 7.80. The van der Waals surface area contributed by atoms with Crippen LogP contribution in [0.3, 0.4) is 0 Å². The van der Waals surface area contributed by atoms with Crippen LogP contribution >= 0.6 is 0 Å². The van der Waals surface area contributed by atoms with Crippen LogP contribution in [0.25, 0.3) is 0 Å². The summed E-state index contributed by atoms with van der Waals surface area (Å²) in [6.07, 6.45) is 0. The van der Waals surface area contributed by atoms with E-state index in [1.165, 1.54) is 11.0 Å². The van der Waals surface area contributed by atoms with Gasteiger partial charge in [0.05, 0.1) is 12.0 Å².